The number of aromatic nitrogens is 2. The van der Waals surface area contributed by atoms with Crippen LogP contribution in [0.15, 0.2) is 30.6 Å². The minimum absolute atomic E-state index is 0.276. The Balaban J connectivity index is 0.000000481. The lowest BCUT2D eigenvalue weighted by atomic mass is 10.2. The zero-order valence-electron chi connectivity index (χ0n) is 15.1. The maximum Gasteiger partial charge on any atom is 0.300 e. The number of nitrogens with one attached hydrogen (secondary N) is 1. The van der Waals surface area contributed by atoms with E-state index in [2.05, 4.69) is 20.2 Å². The molecule has 0 atom stereocenters. The van der Waals surface area contributed by atoms with Crippen LogP contribution < -0.4 is 24.4 Å². The summed E-state index contributed by atoms with van der Waals surface area (Å²) in [6, 6.07) is 5.78. The van der Waals surface area contributed by atoms with Crippen molar-refractivity contribution in [3.63, 3.8) is 0 Å². The molecule has 1 aromatic heterocycles. The Morgan fingerprint density at radius 2 is 2.00 bits per heavy atom. The minimum atomic E-state index is -0.833. The van der Waals surface area contributed by atoms with E-state index in [0.717, 1.165) is 56.0 Å². The van der Waals surface area contributed by atoms with Crippen molar-refractivity contribution in [3.05, 3.63) is 36.2 Å². The van der Waals surface area contributed by atoms with E-state index in [0.29, 0.717) is 12.5 Å². The lowest BCUT2D eigenvalue weighted by Gasteiger charge is -2.28. The number of carbonyl (C=O) groups is 1. The molecule has 4 rings (SSSR count). The molecule has 0 saturated carbocycles. The van der Waals surface area contributed by atoms with Crippen LogP contribution in [0.5, 0.6) is 17.4 Å². The molecule has 1 saturated heterocycles. The molecule has 0 aliphatic carbocycles. The third-order valence-electron chi connectivity index (χ3n) is 3.86. The van der Waals surface area contributed by atoms with E-state index in [4.69, 9.17) is 24.1 Å². The molecule has 144 valence electrons. The number of benzene rings is 1. The average molecular weight is 374 g/mol. The van der Waals surface area contributed by atoms with Crippen molar-refractivity contribution in [1.82, 2.24) is 15.3 Å². The largest absolute Gasteiger partial charge is 0.481 e. The van der Waals surface area contributed by atoms with Gasteiger partial charge in [0, 0.05) is 33.1 Å². The number of carboxylic acid groups (broad SMARTS) is 1. The standard InChI is InChI=1S/C16H18N4O3.C2H4O2/c1-2-13-14(23-11-22-13)7-12(1)10-21-16-9-18-8-15(19-16)20-5-3-17-4-6-20;1-2(3)4/h1-2,7-9,17H,3-6,10-11H2;1H3,(H,3,4). The molecule has 0 radical (unpaired) electrons. The summed E-state index contributed by atoms with van der Waals surface area (Å²) in [6.45, 7) is 5.56. The highest BCUT2D eigenvalue weighted by molar-refractivity contribution is 5.62. The van der Waals surface area contributed by atoms with E-state index in [9.17, 15) is 0 Å². The summed E-state index contributed by atoms with van der Waals surface area (Å²) >= 11 is 0. The topological polar surface area (TPSA) is 106 Å². The second-order valence-corrected chi connectivity index (χ2v) is 5.95. The van der Waals surface area contributed by atoms with Crippen molar-refractivity contribution in [2.45, 2.75) is 13.5 Å². The number of rotatable bonds is 4. The first kappa shape index (κ1) is 18.7. The first-order valence-corrected chi connectivity index (χ1v) is 8.60. The van der Waals surface area contributed by atoms with E-state index in [1.807, 2.05) is 18.2 Å². The number of hydrogen-bond donors (Lipinski definition) is 2. The number of fused-ring (bicyclic) bond motifs is 1. The van der Waals surface area contributed by atoms with Crippen LogP contribution in [-0.4, -0.2) is 54.0 Å². The van der Waals surface area contributed by atoms with E-state index in [-0.39, 0.29) is 6.79 Å². The van der Waals surface area contributed by atoms with Crippen molar-refractivity contribution in [3.8, 4) is 17.4 Å². The molecule has 3 heterocycles. The second kappa shape index (κ2) is 9.04. The van der Waals surface area contributed by atoms with Crippen LogP contribution in [-0.2, 0) is 11.4 Å². The van der Waals surface area contributed by atoms with Gasteiger partial charge in [-0.05, 0) is 17.7 Å². The van der Waals surface area contributed by atoms with Crippen LogP contribution in [0.4, 0.5) is 5.82 Å². The van der Waals surface area contributed by atoms with Crippen LogP contribution in [0, 0.1) is 0 Å². The first-order valence-electron chi connectivity index (χ1n) is 8.60. The molecule has 1 fully saturated rings. The molecule has 2 aliphatic rings. The summed E-state index contributed by atoms with van der Waals surface area (Å²) in [5, 5.41) is 10.7. The maximum atomic E-state index is 9.00. The van der Waals surface area contributed by atoms with E-state index < -0.39 is 5.97 Å². The molecule has 0 unspecified atom stereocenters. The van der Waals surface area contributed by atoms with Gasteiger partial charge in [-0.1, -0.05) is 6.07 Å². The van der Waals surface area contributed by atoms with Gasteiger partial charge in [-0.3, -0.25) is 9.78 Å². The molecular formula is C18H22N4O5. The highest BCUT2D eigenvalue weighted by Gasteiger charge is 2.15. The van der Waals surface area contributed by atoms with Crippen molar-refractivity contribution in [2.75, 3.05) is 37.9 Å². The summed E-state index contributed by atoms with van der Waals surface area (Å²) in [5.41, 5.74) is 1.00. The Hall–Kier alpha value is -3.07. The molecule has 9 nitrogen and oxygen atoms in total. The van der Waals surface area contributed by atoms with Gasteiger partial charge < -0.3 is 29.5 Å². The predicted octanol–water partition coefficient (Wildman–Crippen LogP) is 1.28. The van der Waals surface area contributed by atoms with Crippen LogP contribution in [0.3, 0.4) is 0 Å². The minimum Gasteiger partial charge on any atom is -0.481 e. The Labute approximate surface area is 156 Å². The number of nitrogens with zero attached hydrogens (tertiary/aromatic N) is 3. The fourth-order valence-corrected chi connectivity index (χ4v) is 2.64. The molecule has 27 heavy (non-hydrogen) atoms. The van der Waals surface area contributed by atoms with Crippen molar-refractivity contribution >= 4 is 11.8 Å². The van der Waals surface area contributed by atoms with Crippen LogP contribution in [0.1, 0.15) is 12.5 Å². The molecule has 0 amide bonds. The molecule has 1 aromatic carbocycles. The van der Waals surface area contributed by atoms with Gasteiger partial charge in [0.15, 0.2) is 17.3 Å². The maximum absolute atomic E-state index is 9.00. The summed E-state index contributed by atoms with van der Waals surface area (Å²) in [4.78, 5) is 20.0. The zero-order chi connectivity index (χ0) is 19.1. The van der Waals surface area contributed by atoms with Gasteiger partial charge >= 0.3 is 0 Å². The van der Waals surface area contributed by atoms with Gasteiger partial charge in [-0.25, -0.2) is 0 Å². The van der Waals surface area contributed by atoms with Gasteiger partial charge in [-0.15, -0.1) is 0 Å². The quantitative estimate of drug-likeness (QED) is 0.818. The number of piperazine rings is 1. The molecule has 2 aliphatic heterocycles. The lowest BCUT2D eigenvalue weighted by molar-refractivity contribution is -0.134. The molecule has 0 spiro atoms. The van der Waals surface area contributed by atoms with Gasteiger partial charge in [0.2, 0.25) is 12.7 Å². The molecular weight excluding hydrogens is 352 g/mol. The summed E-state index contributed by atoms with van der Waals surface area (Å²) < 4.78 is 16.4. The molecule has 0 bridgehead atoms. The summed E-state index contributed by atoms with van der Waals surface area (Å²) in [5.74, 6) is 2.08. The fourth-order valence-electron chi connectivity index (χ4n) is 2.64. The third kappa shape index (κ3) is 5.45. The number of hydrogen-bond acceptors (Lipinski definition) is 8. The van der Waals surface area contributed by atoms with Crippen LogP contribution >= 0.6 is 0 Å². The number of anilines is 1. The van der Waals surface area contributed by atoms with Crippen molar-refractivity contribution in [1.29, 1.82) is 0 Å². The number of aliphatic carboxylic acids is 1. The Bertz CT molecular complexity index is 776. The summed E-state index contributed by atoms with van der Waals surface area (Å²) in [7, 11) is 0. The monoisotopic (exact) mass is 374 g/mol. The lowest BCUT2D eigenvalue weighted by Crippen LogP contribution is -2.43. The highest BCUT2D eigenvalue weighted by atomic mass is 16.7. The van der Waals surface area contributed by atoms with Crippen molar-refractivity contribution in [2.24, 2.45) is 0 Å². The van der Waals surface area contributed by atoms with Crippen molar-refractivity contribution < 1.29 is 24.1 Å². The number of carboxylic acids is 1. The molecule has 9 heteroatoms. The fraction of sp³-hybridized carbons (Fsp3) is 0.389. The first-order chi connectivity index (χ1) is 13.1. The van der Waals surface area contributed by atoms with Gasteiger partial charge in [-0.2, -0.15) is 4.98 Å². The number of ether oxygens (including phenoxy) is 3. The Kier molecular flexibility index (Phi) is 6.26. The van der Waals surface area contributed by atoms with Crippen LogP contribution in [0.25, 0.3) is 0 Å². The molecule has 2 N–H and O–H groups in total. The third-order valence-corrected chi connectivity index (χ3v) is 3.86. The average Bonchev–Trinajstić information content (AvgIpc) is 3.15. The Morgan fingerprint density at radius 1 is 1.26 bits per heavy atom. The van der Waals surface area contributed by atoms with Crippen LogP contribution in [0.2, 0.25) is 0 Å². The van der Waals surface area contributed by atoms with E-state index in [1.54, 1.807) is 12.4 Å². The van der Waals surface area contributed by atoms with E-state index in [1.165, 1.54) is 0 Å². The highest BCUT2D eigenvalue weighted by Crippen LogP contribution is 2.32. The van der Waals surface area contributed by atoms with Gasteiger partial charge in [0.1, 0.15) is 6.61 Å². The zero-order valence-corrected chi connectivity index (χ0v) is 15.1. The smallest absolute Gasteiger partial charge is 0.300 e. The predicted molar refractivity (Wildman–Crippen MR) is 97.3 cm³/mol. The van der Waals surface area contributed by atoms with Gasteiger partial charge in [0.05, 0.1) is 12.4 Å². The Morgan fingerprint density at radius 3 is 2.78 bits per heavy atom. The normalized spacial score (nSPS) is 14.9. The van der Waals surface area contributed by atoms with Gasteiger partial charge in [0.25, 0.3) is 5.97 Å². The molecule has 2 aromatic rings. The summed E-state index contributed by atoms with van der Waals surface area (Å²) in [6.07, 6.45) is 3.41. The van der Waals surface area contributed by atoms with E-state index >= 15 is 0 Å². The second-order valence-electron chi connectivity index (χ2n) is 5.95. The SMILES string of the molecule is CC(=O)O.c1cc2c(cc1COc1cncc(N3CCNCC3)n1)OCO2.